The van der Waals surface area contributed by atoms with Gasteiger partial charge in [0.1, 0.15) is 11.6 Å². The van der Waals surface area contributed by atoms with Crippen LogP contribution in [0.2, 0.25) is 0 Å². The Morgan fingerprint density at radius 1 is 0.411 bits per heavy atom. The molecular formula is C70H106N12O6S2. The van der Waals surface area contributed by atoms with Gasteiger partial charge in [0, 0.05) is 150 Å². The Labute approximate surface area is 545 Å². The third-order valence-corrected chi connectivity index (χ3v) is 18.8. The van der Waals surface area contributed by atoms with Crippen molar-refractivity contribution >= 4 is 78.2 Å². The maximum absolute atomic E-state index is 13.1. The highest BCUT2D eigenvalue weighted by Crippen LogP contribution is 2.37. The molecule has 90 heavy (non-hydrogen) atoms. The van der Waals surface area contributed by atoms with Crippen molar-refractivity contribution in [2.45, 2.75) is 116 Å². The number of rotatable bonds is 47. The van der Waals surface area contributed by atoms with E-state index in [0.29, 0.717) is 34.4 Å². The van der Waals surface area contributed by atoms with Crippen molar-refractivity contribution in [1.82, 2.24) is 41.0 Å². The molecule has 494 valence electrons. The van der Waals surface area contributed by atoms with Crippen LogP contribution in [-0.2, 0) is 13.1 Å². The molecule has 6 rings (SSSR count). The van der Waals surface area contributed by atoms with Gasteiger partial charge in [-0.2, -0.15) is 0 Å². The number of hydrogen-bond acceptors (Lipinski definition) is 18. The van der Waals surface area contributed by atoms with Crippen LogP contribution in [-0.4, -0.2) is 165 Å². The zero-order chi connectivity index (χ0) is 64.3. The fourth-order valence-corrected chi connectivity index (χ4v) is 12.7. The molecule has 0 fully saturated rings. The van der Waals surface area contributed by atoms with E-state index in [9.17, 15) is 9.59 Å². The number of nitrogens with zero attached hydrogens (tertiary/aromatic N) is 6. The first-order valence-electron chi connectivity index (χ1n) is 32.7. The molecule has 6 aromatic rings. The fraction of sp³-hybridized carbons (Fsp3) is 0.543. The molecular weight excluding hydrogens is 1170 g/mol. The van der Waals surface area contributed by atoms with Gasteiger partial charge in [0.05, 0.1) is 39.5 Å². The van der Waals surface area contributed by atoms with Gasteiger partial charge in [0.25, 0.3) is 11.8 Å². The lowest BCUT2D eigenvalue weighted by Gasteiger charge is -2.20. The summed E-state index contributed by atoms with van der Waals surface area (Å²) in [7, 11) is 18.3. The van der Waals surface area contributed by atoms with E-state index in [1.54, 1.807) is 28.4 Å². The van der Waals surface area contributed by atoms with E-state index in [-0.39, 0.29) is 11.8 Å². The van der Waals surface area contributed by atoms with Crippen LogP contribution in [0, 0.1) is 0 Å². The van der Waals surface area contributed by atoms with E-state index in [1.165, 1.54) is 62.5 Å². The molecule has 2 aromatic heterocycles. The second-order valence-electron chi connectivity index (χ2n) is 23.4. The molecule has 0 radical (unpaired) electrons. The summed E-state index contributed by atoms with van der Waals surface area (Å²) in [5, 5.41) is 16.1. The van der Waals surface area contributed by atoms with Crippen molar-refractivity contribution in [3.05, 3.63) is 107 Å². The lowest BCUT2D eigenvalue weighted by Crippen LogP contribution is -2.27. The van der Waals surface area contributed by atoms with Crippen molar-refractivity contribution in [3.63, 3.8) is 0 Å². The predicted molar refractivity (Wildman–Crippen MR) is 380 cm³/mol. The number of nitrogens with two attached hydrogens (primary N) is 2. The molecule has 0 aliphatic carbocycles. The first-order chi connectivity index (χ1) is 43.8. The summed E-state index contributed by atoms with van der Waals surface area (Å²) in [6.45, 7) is 11.1. The average Bonchev–Trinajstić information content (AvgIpc) is 0.893. The highest BCUT2D eigenvalue weighted by Gasteiger charge is 2.17. The van der Waals surface area contributed by atoms with E-state index in [2.05, 4.69) is 55.3 Å². The number of methoxy groups -OCH3 is 4. The van der Waals surface area contributed by atoms with Gasteiger partial charge in [-0.05, 0) is 125 Å². The van der Waals surface area contributed by atoms with Crippen LogP contribution in [0.25, 0.3) is 21.8 Å². The fourth-order valence-electron chi connectivity index (χ4n) is 10.8. The number of hydrogen-bond donors (Lipinski definition) is 6. The van der Waals surface area contributed by atoms with Crippen molar-refractivity contribution < 1.29 is 28.5 Å². The molecule has 0 bridgehead atoms. The van der Waals surface area contributed by atoms with Gasteiger partial charge >= 0.3 is 0 Å². The Morgan fingerprint density at radius 2 is 0.733 bits per heavy atom. The minimum absolute atomic E-state index is 0.0703. The molecule has 0 unspecified atom stereocenters. The number of carbonyl (C=O) groups is 2. The van der Waals surface area contributed by atoms with Gasteiger partial charge in [-0.1, -0.05) is 97.2 Å². The third kappa shape index (κ3) is 24.7. The first-order valence-corrected chi connectivity index (χ1v) is 35.2. The van der Waals surface area contributed by atoms with Gasteiger partial charge in [-0.25, -0.2) is 9.97 Å². The van der Waals surface area contributed by atoms with Crippen LogP contribution < -0.4 is 61.5 Å². The lowest BCUT2D eigenvalue weighted by molar-refractivity contribution is 0.0785. The molecule has 2 amide bonds. The topological polar surface area (TPSA) is 210 Å². The van der Waals surface area contributed by atoms with Gasteiger partial charge in [0.2, 0.25) is 0 Å². The van der Waals surface area contributed by atoms with Gasteiger partial charge in [0.15, 0.2) is 23.0 Å². The standard InChI is InChI=1S/C70H106N12O6S2/c1-79(67-47-59(71)57-45-63(85-5)65(87-7)49-61(57)77-67)39-21-13-15-23-41-81(3)69(83)55-29-25-53(26-30-55)51-75-35-19-11-9-17-33-73-37-43-89-90-44-38-74-34-18-10-12-20-36-76-52-54-27-31-56(32-28-54)70(84)82(4)42-24-16-14-22-40-80(2)68-48-60(72)58-46-64(86-6)66(88-8)50-62(58)78-68/h25-32,45-50,73-76H,9-24,33-44,51-52H2,1-8H3,(H2,71,77)(H2,72,78). The quantitative estimate of drug-likeness (QED) is 0.0155. The minimum atomic E-state index is 0.0703. The maximum atomic E-state index is 13.1. The van der Waals surface area contributed by atoms with Crippen LogP contribution in [0.1, 0.15) is 135 Å². The molecule has 0 aliphatic rings. The van der Waals surface area contributed by atoms with Crippen LogP contribution in [0.15, 0.2) is 84.9 Å². The summed E-state index contributed by atoms with van der Waals surface area (Å²) < 4.78 is 21.8. The second kappa shape index (κ2) is 41.1. The van der Waals surface area contributed by atoms with Crippen molar-refractivity contribution in [1.29, 1.82) is 0 Å². The van der Waals surface area contributed by atoms with Gasteiger partial charge in [-0.15, -0.1) is 0 Å². The SMILES string of the molecule is COc1cc2nc(N(C)CCCCCCN(C)C(=O)c3ccc(CNCCCCCCNCCSSCCNCCCCCCNCc4ccc(C(=O)N(C)CCCCCCN(C)c5cc(N)c6cc(OC)c(OC)cc6n5)cc4)cc3)cc(N)c2cc1OC. The van der Waals surface area contributed by atoms with Crippen molar-refractivity contribution in [3.8, 4) is 23.0 Å². The molecule has 0 saturated heterocycles. The maximum Gasteiger partial charge on any atom is 0.253 e. The number of unbranched alkanes of at least 4 members (excludes halogenated alkanes) is 12. The summed E-state index contributed by atoms with van der Waals surface area (Å²) in [5.41, 5.74) is 19.5. The van der Waals surface area contributed by atoms with Gasteiger partial charge < -0.3 is 71.3 Å². The molecule has 18 nitrogen and oxygen atoms in total. The summed E-state index contributed by atoms with van der Waals surface area (Å²) >= 11 is 0. The summed E-state index contributed by atoms with van der Waals surface area (Å²) in [6.07, 6.45) is 17.9. The number of carbonyl (C=O) groups excluding carboxylic acids is 2. The normalized spacial score (nSPS) is 11.3. The third-order valence-electron chi connectivity index (χ3n) is 16.4. The van der Waals surface area contributed by atoms with Crippen molar-refractivity contribution in [2.75, 3.05) is 155 Å². The molecule has 8 N–H and O–H groups in total. The molecule has 4 aromatic carbocycles. The Morgan fingerprint density at radius 3 is 1.09 bits per heavy atom. The van der Waals surface area contributed by atoms with E-state index in [4.69, 9.17) is 40.4 Å². The zero-order valence-corrected chi connectivity index (χ0v) is 57.0. The molecule has 0 spiro atoms. The van der Waals surface area contributed by atoms with Gasteiger partial charge in [-0.3, -0.25) is 9.59 Å². The number of anilines is 4. The number of aromatic nitrogens is 2. The van der Waals surface area contributed by atoms with E-state index in [1.807, 2.05) is 120 Å². The first kappa shape index (κ1) is 72.6. The molecule has 0 aliphatic heterocycles. The number of amides is 2. The molecule has 0 saturated carbocycles. The van der Waals surface area contributed by atoms with E-state index < -0.39 is 0 Å². The highest BCUT2D eigenvalue weighted by molar-refractivity contribution is 8.76. The summed E-state index contributed by atoms with van der Waals surface area (Å²) in [5.74, 6) is 6.58. The Bertz CT molecular complexity index is 2850. The number of benzene rings is 4. The highest BCUT2D eigenvalue weighted by atomic mass is 33.1. The summed E-state index contributed by atoms with van der Waals surface area (Å²) in [6, 6.07) is 27.4. The van der Waals surface area contributed by atoms with Crippen LogP contribution in [0.5, 0.6) is 23.0 Å². The predicted octanol–water partition coefficient (Wildman–Crippen LogP) is 12.1. The number of fused-ring (bicyclic) bond motifs is 2. The van der Waals surface area contributed by atoms with Crippen LogP contribution >= 0.6 is 21.6 Å². The number of pyridine rings is 2. The Balaban J connectivity index is 0.653. The van der Waals surface area contributed by atoms with Crippen LogP contribution in [0.3, 0.4) is 0 Å². The van der Waals surface area contributed by atoms with E-state index >= 15 is 0 Å². The average molecular weight is 1280 g/mol. The van der Waals surface area contributed by atoms with Crippen molar-refractivity contribution in [2.24, 2.45) is 0 Å². The number of ether oxygens (including phenoxy) is 4. The number of nitrogens with one attached hydrogen (secondary N) is 4. The molecule has 2 heterocycles. The largest absolute Gasteiger partial charge is 0.493 e. The molecule has 20 heteroatoms. The Kier molecular flexibility index (Phi) is 33.2. The number of nitrogen functional groups attached to an aromatic ring is 2. The Hall–Kier alpha value is -6.42. The second-order valence-corrected chi connectivity index (χ2v) is 26.1. The van der Waals surface area contributed by atoms with Crippen LogP contribution in [0.4, 0.5) is 23.0 Å². The van der Waals surface area contributed by atoms with E-state index in [0.717, 1.165) is 186 Å². The smallest absolute Gasteiger partial charge is 0.253 e. The zero-order valence-electron chi connectivity index (χ0n) is 55.4. The lowest BCUT2D eigenvalue weighted by atomic mass is 10.1. The summed E-state index contributed by atoms with van der Waals surface area (Å²) in [4.78, 5) is 43.9. The molecule has 0 atom stereocenters. The monoisotopic (exact) mass is 1270 g/mol. The minimum Gasteiger partial charge on any atom is -0.493 e.